The first-order valence-electron chi connectivity index (χ1n) is 9.80. The number of ether oxygens (including phenoxy) is 2. The summed E-state index contributed by atoms with van der Waals surface area (Å²) in [6.45, 7) is 0.0640. The Morgan fingerprint density at radius 1 is 1.03 bits per heavy atom. The van der Waals surface area contributed by atoms with Crippen LogP contribution in [-0.2, 0) is 25.7 Å². The molecule has 0 aromatic heterocycles. The summed E-state index contributed by atoms with van der Waals surface area (Å²) in [5, 5.41) is 0. The first kappa shape index (κ1) is 24.5. The second-order valence-electron chi connectivity index (χ2n) is 7.14. The van der Waals surface area contributed by atoms with Crippen molar-refractivity contribution in [3.05, 3.63) is 58.6 Å². The molecular formula is C21H21BrF3NO5S. The topological polar surface area (TPSA) is 72.9 Å². The number of esters is 1. The number of carbonyl (C=O) groups excluding carboxylic acids is 1. The van der Waals surface area contributed by atoms with Gasteiger partial charge in [0.2, 0.25) is 10.0 Å². The number of alkyl halides is 3. The lowest BCUT2D eigenvalue weighted by atomic mass is 9.98. The molecule has 0 bridgehead atoms. The highest BCUT2D eigenvalue weighted by Crippen LogP contribution is 2.36. The third-order valence-electron chi connectivity index (χ3n) is 5.01. The Kier molecular flexibility index (Phi) is 7.84. The highest BCUT2D eigenvalue weighted by molar-refractivity contribution is 9.10. The van der Waals surface area contributed by atoms with Gasteiger partial charge in [0, 0.05) is 17.6 Å². The lowest BCUT2D eigenvalue weighted by Crippen LogP contribution is -2.41. The number of nitrogens with zero attached hydrogens (tertiary/aromatic N) is 1. The monoisotopic (exact) mass is 535 g/mol. The number of sulfonamides is 1. The summed E-state index contributed by atoms with van der Waals surface area (Å²) >= 11 is 3.32. The van der Waals surface area contributed by atoms with Gasteiger partial charge in [-0.05, 0) is 49.2 Å². The van der Waals surface area contributed by atoms with Crippen LogP contribution < -0.4 is 4.74 Å². The van der Waals surface area contributed by atoms with Gasteiger partial charge in [0.25, 0.3) is 0 Å². The van der Waals surface area contributed by atoms with Crippen molar-refractivity contribution in [2.24, 2.45) is 5.92 Å². The molecule has 0 radical (unpaired) electrons. The molecule has 1 aliphatic heterocycles. The van der Waals surface area contributed by atoms with E-state index in [1.165, 1.54) is 6.07 Å². The summed E-state index contributed by atoms with van der Waals surface area (Å²) in [6.07, 6.45) is -4.45. The molecule has 11 heteroatoms. The summed E-state index contributed by atoms with van der Waals surface area (Å²) < 4.78 is 77.8. The van der Waals surface area contributed by atoms with Crippen molar-refractivity contribution in [3.63, 3.8) is 0 Å². The number of piperidine rings is 1. The Hall–Kier alpha value is -2.11. The minimum atomic E-state index is -4.79. The number of halogens is 4. The molecular weight excluding hydrogens is 515 g/mol. The molecule has 174 valence electrons. The van der Waals surface area contributed by atoms with E-state index >= 15 is 0 Å². The average molecular weight is 536 g/mol. The minimum Gasteiger partial charge on any atom is -0.490 e. The molecule has 2 aromatic carbocycles. The van der Waals surface area contributed by atoms with Crippen molar-refractivity contribution in [1.82, 2.24) is 4.31 Å². The Labute approximate surface area is 192 Å². The molecule has 0 unspecified atom stereocenters. The van der Waals surface area contributed by atoms with Gasteiger partial charge in [-0.15, -0.1) is 0 Å². The predicted octanol–water partition coefficient (Wildman–Crippen LogP) is 4.49. The molecule has 6 nitrogen and oxygen atoms in total. The zero-order valence-electron chi connectivity index (χ0n) is 16.8. The standard InChI is InChI=1S/C21H21BrF3NO5S/c22-16-5-7-17(8-6-16)30-13-14-31-20(27)15-9-11-26(12-10-15)32(28,29)19-4-2-1-3-18(19)21(23,24)25/h1-8,15H,9-14H2. The van der Waals surface area contributed by atoms with E-state index in [-0.39, 0.29) is 39.1 Å². The smallest absolute Gasteiger partial charge is 0.417 e. The number of rotatable bonds is 7. The van der Waals surface area contributed by atoms with E-state index in [9.17, 15) is 26.4 Å². The Balaban J connectivity index is 1.51. The fourth-order valence-electron chi connectivity index (χ4n) is 3.35. The molecule has 32 heavy (non-hydrogen) atoms. The van der Waals surface area contributed by atoms with E-state index in [0.29, 0.717) is 5.75 Å². The number of hydrogen-bond donors (Lipinski definition) is 0. The summed E-state index contributed by atoms with van der Waals surface area (Å²) in [5.41, 5.74) is -1.20. The molecule has 0 N–H and O–H groups in total. The second kappa shape index (κ2) is 10.2. The predicted molar refractivity (Wildman–Crippen MR) is 114 cm³/mol. The van der Waals surface area contributed by atoms with Gasteiger partial charge in [-0.1, -0.05) is 28.1 Å². The van der Waals surface area contributed by atoms with Crippen LogP contribution in [-0.4, -0.2) is 45.0 Å². The molecule has 2 aromatic rings. The highest BCUT2D eigenvalue weighted by atomic mass is 79.9. The second-order valence-corrected chi connectivity index (χ2v) is 9.96. The first-order chi connectivity index (χ1) is 15.1. The van der Waals surface area contributed by atoms with E-state index in [0.717, 1.165) is 27.0 Å². The van der Waals surface area contributed by atoms with E-state index in [1.54, 1.807) is 12.1 Å². The summed E-state index contributed by atoms with van der Waals surface area (Å²) in [6, 6.07) is 11.2. The van der Waals surface area contributed by atoms with Gasteiger partial charge in [-0.3, -0.25) is 4.79 Å². The quantitative estimate of drug-likeness (QED) is 0.385. The van der Waals surface area contributed by atoms with Gasteiger partial charge in [-0.2, -0.15) is 17.5 Å². The van der Waals surface area contributed by atoms with Gasteiger partial charge in [0.1, 0.15) is 19.0 Å². The van der Waals surface area contributed by atoms with Crippen molar-refractivity contribution in [2.45, 2.75) is 23.9 Å². The van der Waals surface area contributed by atoms with Crippen molar-refractivity contribution < 1.29 is 35.9 Å². The molecule has 1 heterocycles. The Bertz CT molecular complexity index is 1040. The summed E-state index contributed by atoms with van der Waals surface area (Å²) in [7, 11) is -4.34. The molecule has 3 rings (SSSR count). The minimum absolute atomic E-state index is 0.0341. The van der Waals surface area contributed by atoms with E-state index in [2.05, 4.69) is 15.9 Å². The molecule has 1 saturated heterocycles. The van der Waals surface area contributed by atoms with Gasteiger partial charge in [0.05, 0.1) is 16.4 Å². The molecule has 0 saturated carbocycles. The number of carbonyl (C=O) groups is 1. The largest absolute Gasteiger partial charge is 0.490 e. The maximum Gasteiger partial charge on any atom is 0.417 e. The SMILES string of the molecule is O=C(OCCOc1ccc(Br)cc1)C1CCN(S(=O)(=O)c2ccccc2C(F)(F)F)CC1. The normalized spacial score (nSPS) is 16.0. The van der Waals surface area contributed by atoms with Crippen molar-refractivity contribution >= 4 is 31.9 Å². The van der Waals surface area contributed by atoms with Gasteiger partial charge in [-0.25, -0.2) is 8.42 Å². The number of benzene rings is 2. The fourth-order valence-corrected chi connectivity index (χ4v) is 5.29. The highest BCUT2D eigenvalue weighted by Gasteiger charge is 2.40. The van der Waals surface area contributed by atoms with Crippen LogP contribution in [0.2, 0.25) is 0 Å². The van der Waals surface area contributed by atoms with Crippen LogP contribution in [0.3, 0.4) is 0 Å². The zero-order chi connectivity index (χ0) is 23.4. The Morgan fingerprint density at radius 2 is 1.66 bits per heavy atom. The molecule has 0 spiro atoms. The third-order valence-corrected chi connectivity index (χ3v) is 7.49. The average Bonchev–Trinajstić information content (AvgIpc) is 2.77. The van der Waals surface area contributed by atoms with Crippen LogP contribution in [0.1, 0.15) is 18.4 Å². The maximum atomic E-state index is 13.2. The number of hydrogen-bond acceptors (Lipinski definition) is 5. The molecule has 0 amide bonds. The van der Waals surface area contributed by atoms with E-state index in [1.807, 2.05) is 12.1 Å². The van der Waals surface area contributed by atoms with Crippen LogP contribution in [0.25, 0.3) is 0 Å². The molecule has 1 aliphatic rings. The van der Waals surface area contributed by atoms with Crippen LogP contribution in [0, 0.1) is 5.92 Å². The fraction of sp³-hybridized carbons (Fsp3) is 0.381. The van der Waals surface area contributed by atoms with Crippen molar-refractivity contribution in [3.8, 4) is 5.75 Å². The van der Waals surface area contributed by atoms with Crippen molar-refractivity contribution in [2.75, 3.05) is 26.3 Å². The summed E-state index contributed by atoms with van der Waals surface area (Å²) in [4.78, 5) is 11.5. The van der Waals surface area contributed by atoms with Crippen LogP contribution in [0.15, 0.2) is 57.9 Å². The molecule has 0 atom stereocenters. The van der Waals surface area contributed by atoms with Crippen molar-refractivity contribution in [1.29, 1.82) is 0 Å². The lowest BCUT2D eigenvalue weighted by molar-refractivity contribution is -0.150. The summed E-state index contributed by atoms with van der Waals surface area (Å²) in [5.74, 6) is -0.369. The van der Waals surface area contributed by atoms with Gasteiger partial charge >= 0.3 is 12.1 Å². The van der Waals surface area contributed by atoms with Gasteiger partial charge in [0.15, 0.2) is 0 Å². The van der Waals surface area contributed by atoms with Gasteiger partial charge < -0.3 is 9.47 Å². The zero-order valence-corrected chi connectivity index (χ0v) is 19.2. The van der Waals surface area contributed by atoms with Crippen LogP contribution >= 0.6 is 15.9 Å². The van der Waals surface area contributed by atoms with E-state index < -0.39 is 38.5 Å². The molecule has 0 aliphatic carbocycles. The maximum absolute atomic E-state index is 13.2. The third kappa shape index (κ3) is 6.02. The lowest BCUT2D eigenvalue weighted by Gasteiger charge is -2.30. The Morgan fingerprint density at radius 3 is 2.28 bits per heavy atom. The van der Waals surface area contributed by atoms with Crippen LogP contribution in [0.5, 0.6) is 5.75 Å². The molecule has 1 fully saturated rings. The van der Waals surface area contributed by atoms with E-state index in [4.69, 9.17) is 9.47 Å². The first-order valence-corrected chi connectivity index (χ1v) is 12.0. The van der Waals surface area contributed by atoms with Crippen LogP contribution in [0.4, 0.5) is 13.2 Å².